The minimum Gasteiger partial charge on any atom is -0.329 e. The summed E-state index contributed by atoms with van der Waals surface area (Å²) < 4.78 is 26.5. The molecule has 0 atom stereocenters. The largest absolute Gasteiger partial charge is 0.329 e. The highest BCUT2D eigenvalue weighted by Crippen LogP contribution is 2.23. The van der Waals surface area contributed by atoms with E-state index < -0.39 is 15.6 Å². The summed E-state index contributed by atoms with van der Waals surface area (Å²) in [5.41, 5.74) is 4.74. The molecule has 1 aromatic carbocycles. The number of nitrogens with one attached hydrogen (secondary N) is 1. The average molecular weight is 334 g/mol. The smallest absolute Gasteiger partial charge is 0.241 e. The summed E-state index contributed by atoms with van der Waals surface area (Å²) in [5, 5.41) is 0.534. The van der Waals surface area contributed by atoms with Crippen molar-refractivity contribution in [2.45, 2.75) is 24.3 Å². The van der Waals surface area contributed by atoms with Crippen LogP contribution in [0.15, 0.2) is 23.1 Å². The third-order valence-electron chi connectivity index (χ3n) is 2.07. The summed E-state index contributed by atoms with van der Waals surface area (Å²) in [6.45, 7) is 3.56. The van der Waals surface area contributed by atoms with Crippen LogP contribution in [0.1, 0.15) is 13.8 Å². The van der Waals surface area contributed by atoms with Gasteiger partial charge in [-0.3, -0.25) is 0 Å². The molecule has 0 fully saturated rings. The number of hydrogen-bond donors (Lipinski definition) is 2. The lowest BCUT2D eigenvalue weighted by atomic mass is 10.1. The van der Waals surface area contributed by atoms with Gasteiger partial charge in [-0.2, -0.15) is 0 Å². The first-order valence-electron chi connectivity index (χ1n) is 4.86. The van der Waals surface area contributed by atoms with Crippen LogP contribution in [0.25, 0.3) is 0 Å². The lowest BCUT2D eigenvalue weighted by Crippen LogP contribution is -2.48. The van der Waals surface area contributed by atoms with Crippen molar-refractivity contribution in [2.24, 2.45) is 5.73 Å². The van der Waals surface area contributed by atoms with Crippen LogP contribution >= 0.6 is 35.6 Å². The van der Waals surface area contributed by atoms with Gasteiger partial charge in [0.15, 0.2) is 0 Å². The van der Waals surface area contributed by atoms with E-state index >= 15 is 0 Å². The highest BCUT2D eigenvalue weighted by Gasteiger charge is 2.25. The molecule has 18 heavy (non-hydrogen) atoms. The maximum absolute atomic E-state index is 12.0. The SMILES string of the molecule is CC(C)(CN)NS(=O)(=O)c1cc(Cl)cc(Cl)c1.Cl. The Balaban J connectivity index is 0.00000289. The highest BCUT2D eigenvalue weighted by molar-refractivity contribution is 7.89. The van der Waals surface area contributed by atoms with E-state index in [0.29, 0.717) is 0 Å². The standard InChI is InChI=1S/C10H14Cl2N2O2S.ClH/c1-10(2,6-13)14-17(15,16)9-4-7(11)3-8(12)5-9;/h3-5,14H,6,13H2,1-2H3;1H. The van der Waals surface area contributed by atoms with Crippen molar-refractivity contribution in [3.63, 3.8) is 0 Å². The molecule has 0 bridgehead atoms. The Morgan fingerprint density at radius 3 is 2.06 bits per heavy atom. The summed E-state index contributed by atoms with van der Waals surface area (Å²) in [5.74, 6) is 0. The van der Waals surface area contributed by atoms with E-state index in [1.807, 2.05) is 0 Å². The molecular weight excluding hydrogens is 319 g/mol. The van der Waals surface area contributed by atoms with E-state index in [1.165, 1.54) is 18.2 Å². The van der Waals surface area contributed by atoms with Gasteiger partial charge in [-0.1, -0.05) is 23.2 Å². The first-order valence-corrected chi connectivity index (χ1v) is 7.10. The van der Waals surface area contributed by atoms with Gasteiger partial charge in [0.25, 0.3) is 0 Å². The lowest BCUT2D eigenvalue weighted by Gasteiger charge is -2.23. The van der Waals surface area contributed by atoms with Gasteiger partial charge in [0.2, 0.25) is 10.0 Å². The van der Waals surface area contributed by atoms with Crippen LogP contribution in [0.3, 0.4) is 0 Å². The molecule has 8 heteroatoms. The molecule has 0 saturated carbocycles. The van der Waals surface area contributed by atoms with E-state index in [-0.39, 0.29) is 33.9 Å². The quantitative estimate of drug-likeness (QED) is 0.889. The molecule has 0 radical (unpaired) electrons. The van der Waals surface area contributed by atoms with E-state index in [0.717, 1.165) is 0 Å². The summed E-state index contributed by atoms with van der Waals surface area (Å²) in [6, 6.07) is 4.14. The molecule has 0 aliphatic rings. The first kappa shape index (κ1) is 18.0. The fraction of sp³-hybridized carbons (Fsp3) is 0.400. The lowest BCUT2D eigenvalue weighted by molar-refractivity contribution is 0.462. The second-order valence-electron chi connectivity index (χ2n) is 4.30. The number of hydrogen-bond acceptors (Lipinski definition) is 3. The van der Waals surface area contributed by atoms with Crippen LogP contribution < -0.4 is 10.5 Å². The maximum atomic E-state index is 12.0. The molecule has 4 nitrogen and oxygen atoms in total. The van der Waals surface area contributed by atoms with E-state index in [2.05, 4.69) is 4.72 Å². The van der Waals surface area contributed by atoms with Crippen molar-refractivity contribution in [1.29, 1.82) is 0 Å². The number of nitrogens with two attached hydrogens (primary N) is 1. The minimum atomic E-state index is -3.67. The molecule has 0 aromatic heterocycles. The van der Waals surface area contributed by atoms with Gasteiger partial charge in [-0.15, -0.1) is 12.4 Å². The van der Waals surface area contributed by atoms with E-state index in [9.17, 15) is 8.42 Å². The normalized spacial score (nSPS) is 12.1. The second-order valence-corrected chi connectivity index (χ2v) is 6.85. The summed E-state index contributed by atoms with van der Waals surface area (Å²) in [4.78, 5) is 0.0246. The van der Waals surface area contributed by atoms with Gasteiger partial charge in [0.1, 0.15) is 0 Å². The Hall–Kier alpha value is -0.0400. The number of rotatable bonds is 4. The molecule has 0 spiro atoms. The fourth-order valence-electron chi connectivity index (χ4n) is 1.15. The maximum Gasteiger partial charge on any atom is 0.241 e. The summed E-state index contributed by atoms with van der Waals surface area (Å²) >= 11 is 11.5. The van der Waals surface area contributed by atoms with Crippen LogP contribution in [0, 0.1) is 0 Å². The zero-order valence-corrected chi connectivity index (χ0v) is 13.1. The van der Waals surface area contributed by atoms with E-state index in [4.69, 9.17) is 28.9 Å². The second kappa shape index (κ2) is 6.41. The van der Waals surface area contributed by atoms with Crippen LogP contribution in [0.5, 0.6) is 0 Å². The topological polar surface area (TPSA) is 72.2 Å². The minimum absolute atomic E-state index is 0. The summed E-state index contributed by atoms with van der Waals surface area (Å²) in [6.07, 6.45) is 0. The van der Waals surface area contributed by atoms with E-state index in [1.54, 1.807) is 13.8 Å². The predicted octanol–water partition coefficient (Wildman–Crippen LogP) is 2.43. The van der Waals surface area contributed by atoms with Gasteiger partial charge < -0.3 is 5.73 Å². The third kappa shape index (κ3) is 4.91. The Bertz CT molecular complexity index is 498. The molecule has 0 amide bonds. The Morgan fingerprint density at radius 2 is 1.67 bits per heavy atom. The highest BCUT2D eigenvalue weighted by atomic mass is 35.5. The molecule has 0 aliphatic carbocycles. The monoisotopic (exact) mass is 332 g/mol. The molecule has 0 unspecified atom stereocenters. The predicted molar refractivity (Wildman–Crippen MR) is 77.2 cm³/mol. The average Bonchev–Trinajstić information content (AvgIpc) is 2.14. The Kier molecular flexibility index (Phi) is 6.40. The van der Waals surface area contributed by atoms with Crippen LogP contribution in [-0.4, -0.2) is 20.5 Å². The van der Waals surface area contributed by atoms with Gasteiger partial charge in [0, 0.05) is 22.1 Å². The van der Waals surface area contributed by atoms with Crippen molar-refractivity contribution >= 4 is 45.6 Å². The zero-order valence-electron chi connectivity index (χ0n) is 9.91. The molecule has 104 valence electrons. The van der Waals surface area contributed by atoms with Gasteiger partial charge in [-0.25, -0.2) is 13.1 Å². The zero-order chi connectivity index (χ0) is 13.3. The summed E-state index contributed by atoms with van der Waals surface area (Å²) in [7, 11) is -3.67. The van der Waals surface area contributed by atoms with Crippen LogP contribution in [-0.2, 0) is 10.0 Å². The van der Waals surface area contributed by atoms with Crippen LogP contribution in [0.2, 0.25) is 10.0 Å². The number of benzene rings is 1. The number of sulfonamides is 1. The fourth-order valence-corrected chi connectivity index (χ4v) is 3.30. The Labute approximate surface area is 123 Å². The molecule has 1 rings (SSSR count). The van der Waals surface area contributed by atoms with Gasteiger partial charge in [-0.05, 0) is 32.0 Å². The van der Waals surface area contributed by atoms with Crippen molar-refractivity contribution < 1.29 is 8.42 Å². The third-order valence-corrected chi connectivity index (χ3v) is 4.18. The van der Waals surface area contributed by atoms with Gasteiger partial charge >= 0.3 is 0 Å². The van der Waals surface area contributed by atoms with Crippen molar-refractivity contribution in [3.05, 3.63) is 28.2 Å². The molecule has 0 aliphatic heterocycles. The van der Waals surface area contributed by atoms with Crippen molar-refractivity contribution in [2.75, 3.05) is 6.54 Å². The molecule has 1 aromatic rings. The number of halogens is 3. The molecule has 0 heterocycles. The van der Waals surface area contributed by atoms with Gasteiger partial charge in [0.05, 0.1) is 4.90 Å². The molecule has 3 N–H and O–H groups in total. The van der Waals surface area contributed by atoms with Crippen molar-refractivity contribution in [3.8, 4) is 0 Å². The van der Waals surface area contributed by atoms with Crippen molar-refractivity contribution in [1.82, 2.24) is 4.72 Å². The molecular formula is C10H15Cl3N2O2S. The first-order chi connectivity index (χ1) is 7.66. The van der Waals surface area contributed by atoms with Crippen LogP contribution in [0.4, 0.5) is 0 Å². The Morgan fingerprint density at radius 1 is 1.22 bits per heavy atom. The molecule has 0 saturated heterocycles.